The molecule has 48 heteroatoms. The van der Waals surface area contributed by atoms with Gasteiger partial charge >= 0.3 is 22.8 Å². The van der Waals surface area contributed by atoms with Crippen LogP contribution in [0.25, 0.3) is 11.2 Å². The zero-order valence-electron chi connectivity index (χ0n) is 79.9. The fourth-order valence-corrected chi connectivity index (χ4v) is 29.0. The van der Waals surface area contributed by atoms with Gasteiger partial charge < -0.3 is 72.8 Å². The smallest absolute Gasteiger partial charge is 0.351 e. The van der Waals surface area contributed by atoms with E-state index in [4.69, 9.17) is 51.2 Å². The van der Waals surface area contributed by atoms with Crippen LogP contribution in [0.5, 0.6) is 0 Å². The third-order valence-corrected chi connectivity index (χ3v) is 38.9. The average molecular weight is 2060 g/mol. The number of fused-ring (bicyclic) bond motifs is 1. The maximum Gasteiger partial charge on any atom is 0.351 e. The van der Waals surface area contributed by atoms with Gasteiger partial charge in [-0.25, -0.2) is 48.1 Å². The lowest BCUT2D eigenvalue weighted by Crippen LogP contribution is -2.67. The molecule has 12 aromatic rings. The number of carbonyl (C=O) groups excluding carboxylic acids is 4. The highest BCUT2D eigenvalue weighted by Crippen LogP contribution is 2.58. The summed E-state index contributed by atoms with van der Waals surface area (Å²) < 4.78 is 141. The Morgan fingerprint density at radius 1 is 0.424 bits per heavy atom. The first-order valence-electron chi connectivity index (χ1n) is 46.6. The minimum absolute atomic E-state index is 0.0106. The highest BCUT2D eigenvalue weighted by molar-refractivity contribution is 7.59. The number of benzene rings is 6. The van der Waals surface area contributed by atoms with E-state index in [0.29, 0.717) is 5.56 Å². The second-order valence-corrected chi connectivity index (χ2v) is 51.2. The van der Waals surface area contributed by atoms with E-state index in [0.717, 1.165) is 24.1 Å². The Labute approximate surface area is 826 Å². The maximum atomic E-state index is 16.2. The molecule has 6 aromatic heterocycles. The fourth-order valence-electron chi connectivity index (χ4n) is 18.0. The number of anilines is 4. The van der Waals surface area contributed by atoms with Gasteiger partial charge in [0.05, 0.1) is 89.5 Å². The SMILES string of the molecule is Cc1cn([C@H]2CNCC(CO[P@](C)(=O)N3C[C@@H](CO[P@](C)(=O)N4C[C@@H](CO[P@](C)(=O)N5C[C@@H](CO[P@](C)(=O)C6C[C@@H](CO[Si](c7ccccc7)(c7ccccc7)C(C)(C)C)O[C@@H](n7cnc8c(NC(=O)c9ccccc9)ncnc87)C6)O[C@@H](n6ccc(NC(=O)c7ccccc7)nc6=O)C5)O[C@@H](n5ccc(NC(=O)c6ccccc6)nc5=O)C4)O[C@@H](n4ccc(NC(=O)c5ccccc5)nc4=O)C3)O2)c(=O)[nH]c1=O. The molecule has 756 valence electrons. The number of aryl methyl sites for hydroxylation is 1. The number of amides is 4. The number of H-pyrrole nitrogens is 1. The number of nitrogens with zero attached hydrogens (tertiary/aromatic N) is 14. The predicted molar refractivity (Wildman–Crippen MR) is 536 cm³/mol. The molecule has 0 spiro atoms. The lowest BCUT2D eigenvalue weighted by molar-refractivity contribution is -0.128. The van der Waals surface area contributed by atoms with Gasteiger partial charge in [0.1, 0.15) is 30.0 Å². The number of carbonyl (C=O) groups is 4. The molecular weight excluding hydrogens is 1950 g/mol. The molecular formula is C96H110N20O23P4Si. The highest BCUT2D eigenvalue weighted by atomic mass is 31.2. The van der Waals surface area contributed by atoms with Gasteiger partial charge in [0.2, 0.25) is 7.37 Å². The Hall–Kier alpha value is -12.4. The number of aromatic nitrogens is 12. The van der Waals surface area contributed by atoms with E-state index < -0.39 is 182 Å². The quantitative estimate of drug-likeness (QED) is 0.0161. The lowest BCUT2D eigenvalue weighted by Gasteiger charge is -2.45. The molecule has 5 saturated heterocycles. The van der Waals surface area contributed by atoms with Gasteiger partial charge in [-0.2, -0.15) is 15.0 Å². The van der Waals surface area contributed by atoms with Crippen molar-refractivity contribution < 1.29 is 83.6 Å². The van der Waals surface area contributed by atoms with Gasteiger partial charge in [-0.1, -0.05) is 154 Å². The third kappa shape index (κ3) is 24.1. The molecule has 15 atom stereocenters. The van der Waals surface area contributed by atoms with Crippen LogP contribution < -0.4 is 65.3 Å². The normalized spacial score (nSPS) is 22.7. The van der Waals surface area contributed by atoms with Crippen LogP contribution in [0.1, 0.15) is 112 Å². The van der Waals surface area contributed by atoms with Crippen molar-refractivity contribution in [2.24, 2.45) is 0 Å². The molecule has 144 heavy (non-hydrogen) atoms. The Morgan fingerprint density at radius 3 is 1.22 bits per heavy atom. The van der Waals surface area contributed by atoms with Crippen LogP contribution in [0.4, 0.5) is 23.3 Å². The minimum atomic E-state index is -4.31. The summed E-state index contributed by atoms with van der Waals surface area (Å²) >= 11 is 0. The van der Waals surface area contributed by atoms with Gasteiger partial charge in [-0.05, 0) is 95.5 Å². The van der Waals surface area contributed by atoms with Crippen molar-refractivity contribution >= 4 is 107 Å². The van der Waals surface area contributed by atoms with Crippen LogP contribution in [-0.2, 0) is 64.5 Å². The highest BCUT2D eigenvalue weighted by Gasteiger charge is 2.53. The number of morpholine rings is 4. The second kappa shape index (κ2) is 44.3. The topological polar surface area (TPSA) is 502 Å². The Morgan fingerprint density at radius 2 is 0.806 bits per heavy atom. The summed E-state index contributed by atoms with van der Waals surface area (Å²) in [5.74, 6) is -2.31. The molecule has 5 fully saturated rings. The van der Waals surface area contributed by atoms with Gasteiger partial charge in [-0.15, -0.1) is 0 Å². The molecule has 17 rings (SSSR count). The summed E-state index contributed by atoms with van der Waals surface area (Å²) in [6.45, 7) is 10.2. The maximum absolute atomic E-state index is 16.2. The van der Waals surface area contributed by atoms with Crippen molar-refractivity contribution in [3.63, 3.8) is 0 Å². The molecule has 6 N–H and O–H groups in total. The summed E-state index contributed by atoms with van der Waals surface area (Å²) in [5, 5.41) is 15.5. The molecule has 11 heterocycles. The molecule has 6 aromatic carbocycles. The molecule has 0 aliphatic carbocycles. The van der Waals surface area contributed by atoms with Gasteiger partial charge in [0.15, 0.2) is 41.9 Å². The largest absolute Gasteiger partial charge is 0.405 e. The number of rotatable bonds is 34. The van der Waals surface area contributed by atoms with Crippen molar-refractivity contribution in [2.45, 2.75) is 113 Å². The summed E-state index contributed by atoms with van der Waals surface area (Å²) in [5.41, 5.74) is -2.81. The van der Waals surface area contributed by atoms with Crippen LogP contribution in [0.3, 0.4) is 0 Å². The van der Waals surface area contributed by atoms with Crippen LogP contribution in [0.15, 0.2) is 262 Å². The zero-order chi connectivity index (χ0) is 101. The van der Waals surface area contributed by atoms with E-state index in [1.54, 1.807) is 126 Å². The zero-order valence-corrected chi connectivity index (χ0v) is 84.5. The van der Waals surface area contributed by atoms with Crippen molar-refractivity contribution in [3.8, 4) is 0 Å². The van der Waals surface area contributed by atoms with Gasteiger partial charge in [-0.3, -0.25) is 70.1 Å². The van der Waals surface area contributed by atoms with Crippen molar-refractivity contribution in [1.29, 1.82) is 0 Å². The summed E-state index contributed by atoms with van der Waals surface area (Å²) in [6.07, 6.45) is -2.78. The van der Waals surface area contributed by atoms with E-state index in [2.05, 4.69) is 102 Å². The number of hydrogen-bond acceptors (Lipinski definition) is 30. The molecule has 0 radical (unpaired) electrons. The van der Waals surface area contributed by atoms with E-state index in [1.807, 2.05) is 36.4 Å². The monoisotopic (exact) mass is 2060 g/mol. The van der Waals surface area contributed by atoms with Crippen LogP contribution in [0, 0.1) is 6.92 Å². The first kappa shape index (κ1) is 103. The van der Waals surface area contributed by atoms with E-state index in [1.165, 1.54) is 108 Å². The van der Waals surface area contributed by atoms with Crippen LogP contribution in [-0.4, -0.2) is 252 Å². The number of aromatic amines is 1. The van der Waals surface area contributed by atoms with Crippen molar-refractivity contribution in [2.75, 3.05) is 133 Å². The summed E-state index contributed by atoms with van der Waals surface area (Å²) in [7, 11) is -19.9. The van der Waals surface area contributed by atoms with Crippen LogP contribution in [0.2, 0.25) is 5.04 Å². The van der Waals surface area contributed by atoms with E-state index >= 15 is 18.3 Å². The number of nitrogens with one attached hydrogen (secondary N) is 6. The first-order chi connectivity index (χ1) is 69.0. The average Bonchev–Trinajstić information content (AvgIpc) is 0.924. The van der Waals surface area contributed by atoms with E-state index in [9.17, 15) is 43.2 Å². The van der Waals surface area contributed by atoms with Crippen molar-refractivity contribution in [3.05, 3.63) is 318 Å². The molecule has 5 aliphatic heterocycles. The molecule has 2 unspecified atom stereocenters. The fraction of sp³-hybridized carbons (Fsp3) is 0.365. The van der Waals surface area contributed by atoms with Gasteiger partial charge in [0, 0.05) is 124 Å². The Kier molecular flexibility index (Phi) is 31.7. The number of hydrogen-bond donors (Lipinski definition) is 6. The Bertz CT molecular complexity index is 7150. The standard InChI is InChI=1S/C96H110N20O23P4Si/c1-63-49-115(95(125)108-87(63)117)80-48-97-47-69(136-80)56-131-141(6,127)110-51-71(138-82(54-110)113-43-40-77(105-93(113)123)102-89(119)65-29-17-10-18-30-65)58-133-143(8,129)111-52-72(139-83(55-111)114-44-41-78(106-94(114)124)103-90(120)66-31-19-11-20-32-66)59-132-142(7,128)109-50-70(137-81(53-109)112-42-39-76(104-92(112)122)101-88(118)64-27-15-9-16-28-64)57-130-140(5,126)73-45-68(60-134-144(96(2,3)4,74-35-23-13-24-36-74)75-37-25-14-26-38-75)135-79(46-73)116-62-100-84-85(98-61-99-86(84)116)107-91(121)67-33-21-12-22-34-67/h9-44,49,61-62,68-73,79-83,97H,45-48,50-60H2,1-8H3,(H,108,117,125)(H,98,99,107,121)(H,101,104,118,122)(H,102,105,119,123)(H,103,106,120,124)/t68-,69?,70-,71-,72-,73?,79+,80+,81+,82+,83+,140-,141-,142-,143-/m0/s1. The number of ether oxygens (including phenoxy) is 5. The summed E-state index contributed by atoms with van der Waals surface area (Å²) in [4.78, 5) is 151. The minimum Gasteiger partial charge on any atom is -0.405 e. The molecule has 5 aliphatic rings. The molecule has 4 amide bonds. The third-order valence-electron chi connectivity index (χ3n) is 25.6. The summed E-state index contributed by atoms with van der Waals surface area (Å²) in [6, 6.07) is 57.6. The van der Waals surface area contributed by atoms with Crippen molar-refractivity contribution in [1.82, 2.24) is 77.1 Å². The van der Waals surface area contributed by atoms with Crippen LogP contribution >= 0.6 is 29.9 Å². The molecule has 43 nitrogen and oxygen atoms in total. The lowest BCUT2D eigenvalue weighted by atomic mass is 10.1. The van der Waals surface area contributed by atoms with E-state index in [-0.39, 0.29) is 135 Å². The predicted octanol–water partition coefficient (Wildman–Crippen LogP) is 9.62. The second-order valence-electron chi connectivity index (χ2n) is 36.8. The molecule has 0 saturated carbocycles. The Balaban J connectivity index is 0.649. The van der Waals surface area contributed by atoms with Gasteiger partial charge in [0.25, 0.3) is 60.1 Å². The first-order valence-corrected chi connectivity index (χ1v) is 56.7. The molecule has 0 bridgehead atoms. The number of imidazole rings is 1.